The quantitative estimate of drug-likeness (QED) is 0.636. The zero-order chi connectivity index (χ0) is 15.2. The van der Waals surface area contributed by atoms with E-state index in [0.29, 0.717) is 5.56 Å². The normalized spacial score (nSPS) is 11.0. The minimum atomic E-state index is -0.639. The predicted molar refractivity (Wildman–Crippen MR) is 76.2 cm³/mol. The monoisotopic (exact) mass is 282 g/mol. The van der Waals surface area contributed by atoms with Crippen molar-refractivity contribution < 1.29 is 9.31 Å². The molecule has 0 aliphatic heterocycles. The van der Waals surface area contributed by atoms with Crippen LogP contribution in [0.4, 0.5) is 4.39 Å². The van der Waals surface area contributed by atoms with E-state index in [1.165, 1.54) is 18.2 Å². The third-order valence-corrected chi connectivity index (χ3v) is 2.91. The van der Waals surface area contributed by atoms with Crippen LogP contribution < -0.4 is 0 Å². The zero-order valence-corrected chi connectivity index (χ0v) is 11.0. The van der Waals surface area contributed by atoms with Crippen LogP contribution in [0.5, 0.6) is 0 Å². The minimum absolute atomic E-state index is 0.0169. The third kappa shape index (κ3) is 3.74. The molecule has 0 saturated heterocycles. The van der Waals surface area contributed by atoms with Crippen LogP contribution in [-0.2, 0) is 6.42 Å². The minimum Gasteiger partial charge on any atom is -0.259 e. The second kappa shape index (κ2) is 6.44. The Balaban J connectivity index is 2.34. The average molecular weight is 282 g/mol. The lowest BCUT2D eigenvalue weighted by Gasteiger charge is -2.01. The van der Waals surface area contributed by atoms with Crippen molar-refractivity contribution in [1.29, 1.82) is 5.26 Å². The fourth-order valence-corrected chi connectivity index (χ4v) is 1.88. The highest BCUT2D eigenvalue weighted by molar-refractivity contribution is 5.54. The standard InChI is InChI=1S/C16H11FN2O2/c17-16-7-6-13(8-14(16)11-18)10-15(19(20)21)9-12-4-2-1-3-5-12/h1-8,10H,9H2/b15-10+. The van der Waals surface area contributed by atoms with E-state index < -0.39 is 10.7 Å². The largest absolute Gasteiger partial charge is 0.259 e. The summed E-state index contributed by atoms with van der Waals surface area (Å²) in [5.74, 6) is -0.639. The van der Waals surface area contributed by atoms with Gasteiger partial charge in [0.15, 0.2) is 0 Å². The second-order valence-corrected chi connectivity index (χ2v) is 4.41. The summed E-state index contributed by atoms with van der Waals surface area (Å²) < 4.78 is 13.2. The number of rotatable bonds is 4. The molecule has 2 aromatic rings. The number of hydrogen-bond donors (Lipinski definition) is 0. The number of allylic oxidation sites excluding steroid dienone is 1. The Bertz CT molecular complexity index is 734. The van der Waals surface area contributed by atoms with E-state index in [-0.39, 0.29) is 17.7 Å². The maximum atomic E-state index is 13.2. The van der Waals surface area contributed by atoms with Gasteiger partial charge in [-0.3, -0.25) is 10.1 Å². The van der Waals surface area contributed by atoms with Gasteiger partial charge >= 0.3 is 0 Å². The molecule has 0 atom stereocenters. The van der Waals surface area contributed by atoms with Crippen molar-refractivity contribution >= 4 is 6.08 Å². The number of nitriles is 1. The van der Waals surface area contributed by atoms with Crippen LogP contribution in [0.2, 0.25) is 0 Å². The van der Waals surface area contributed by atoms with E-state index in [9.17, 15) is 14.5 Å². The van der Waals surface area contributed by atoms with Gasteiger partial charge in [-0.2, -0.15) is 5.26 Å². The fraction of sp³-hybridized carbons (Fsp3) is 0.0625. The van der Waals surface area contributed by atoms with Gasteiger partial charge in [-0.25, -0.2) is 4.39 Å². The summed E-state index contributed by atoms with van der Waals surface area (Å²) in [6.07, 6.45) is 1.51. The fourth-order valence-electron chi connectivity index (χ4n) is 1.88. The number of benzene rings is 2. The molecule has 0 fully saturated rings. The van der Waals surface area contributed by atoms with Gasteiger partial charge in [-0.05, 0) is 23.3 Å². The van der Waals surface area contributed by atoms with E-state index in [0.717, 1.165) is 11.6 Å². The first kappa shape index (κ1) is 14.4. The first-order valence-electron chi connectivity index (χ1n) is 6.18. The van der Waals surface area contributed by atoms with Crippen molar-refractivity contribution in [3.8, 4) is 6.07 Å². The van der Waals surface area contributed by atoms with Gasteiger partial charge in [0, 0.05) is 6.08 Å². The maximum Gasteiger partial charge on any atom is 0.251 e. The van der Waals surface area contributed by atoms with Crippen molar-refractivity contribution in [2.75, 3.05) is 0 Å². The summed E-state index contributed by atoms with van der Waals surface area (Å²) >= 11 is 0. The molecule has 0 saturated carbocycles. The Morgan fingerprint density at radius 2 is 2.00 bits per heavy atom. The highest BCUT2D eigenvalue weighted by Gasteiger charge is 2.12. The zero-order valence-electron chi connectivity index (χ0n) is 11.0. The molecule has 0 unspecified atom stereocenters. The molecule has 0 amide bonds. The molecular formula is C16H11FN2O2. The van der Waals surface area contributed by atoms with E-state index >= 15 is 0 Å². The van der Waals surface area contributed by atoms with Crippen molar-refractivity contribution in [2.45, 2.75) is 6.42 Å². The Morgan fingerprint density at radius 3 is 2.62 bits per heavy atom. The number of halogens is 1. The van der Waals surface area contributed by atoms with Crippen LogP contribution >= 0.6 is 0 Å². The van der Waals surface area contributed by atoms with Crippen LogP contribution in [0.3, 0.4) is 0 Å². The van der Waals surface area contributed by atoms with Crippen molar-refractivity contribution in [2.24, 2.45) is 0 Å². The summed E-state index contributed by atoms with van der Waals surface area (Å²) in [6, 6.07) is 14.6. The summed E-state index contributed by atoms with van der Waals surface area (Å²) in [4.78, 5) is 10.7. The van der Waals surface area contributed by atoms with Crippen LogP contribution in [0, 0.1) is 27.3 Å². The summed E-state index contributed by atoms with van der Waals surface area (Å²) in [5, 5.41) is 19.9. The average Bonchev–Trinajstić information content (AvgIpc) is 2.49. The Kier molecular flexibility index (Phi) is 4.42. The molecule has 4 nitrogen and oxygen atoms in total. The number of hydrogen-bond acceptors (Lipinski definition) is 3. The van der Waals surface area contributed by atoms with Crippen molar-refractivity contribution in [1.82, 2.24) is 0 Å². The third-order valence-electron chi connectivity index (χ3n) is 2.91. The highest BCUT2D eigenvalue weighted by atomic mass is 19.1. The molecule has 2 rings (SSSR count). The van der Waals surface area contributed by atoms with Crippen LogP contribution in [0.15, 0.2) is 54.2 Å². The molecule has 0 bridgehead atoms. The van der Waals surface area contributed by atoms with Crippen molar-refractivity contribution in [3.63, 3.8) is 0 Å². The lowest BCUT2D eigenvalue weighted by Crippen LogP contribution is -2.02. The predicted octanol–water partition coefficient (Wildman–Crippen LogP) is 3.56. The van der Waals surface area contributed by atoms with Crippen molar-refractivity contribution in [3.05, 3.63) is 86.8 Å². The molecule has 0 spiro atoms. The molecule has 0 aliphatic rings. The van der Waals surface area contributed by atoms with Gasteiger partial charge in [-0.1, -0.05) is 36.4 Å². The van der Waals surface area contributed by atoms with E-state index in [2.05, 4.69) is 0 Å². The Hall–Kier alpha value is -3.00. The maximum absolute atomic E-state index is 13.2. The Morgan fingerprint density at radius 1 is 1.29 bits per heavy atom. The molecule has 0 N–H and O–H groups in total. The summed E-state index contributed by atoms with van der Waals surface area (Å²) in [6.45, 7) is 0. The van der Waals surface area contributed by atoms with Crippen LogP contribution in [-0.4, -0.2) is 4.92 Å². The lowest BCUT2D eigenvalue weighted by atomic mass is 10.1. The van der Waals surface area contributed by atoms with Crippen LogP contribution in [0.25, 0.3) is 6.08 Å². The molecule has 2 aromatic carbocycles. The lowest BCUT2D eigenvalue weighted by molar-refractivity contribution is -0.425. The topological polar surface area (TPSA) is 66.9 Å². The van der Waals surface area contributed by atoms with Gasteiger partial charge in [0.25, 0.3) is 5.70 Å². The first-order valence-corrected chi connectivity index (χ1v) is 6.18. The number of nitro groups is 1. The van der Waals surface area contributed by atoms with Gasteiger partial charge in [0.05, 0.1) is 16.9 Å². The van der Waals surface area contributed by atoms with Gasteiger partial charge in [-0.15, -0.1) is 0 Å². The molecule has 0 radical (unpaired) electrons. The molecule has 0 heterocycles. The number of nitrogens with zero attached hydrogens (tertiary/aromatic N) is 2. The van der Waals surface area contributed by atoms with E-state index in [1.54, 1.807) is 30.3 Å². The molecule has 21 heavy (non-hydrogen) atoms. The SMILES string of the molecule is N#Cc1cc(/C=C(\Cc2ccccc2)[N+](=O)[O-])ccc1F. The molecule has 0 aromatic heterocycles. The molecule has 5 heteroatoms. The van der Waals surface area contributed by atoms with Crippen LogP contribution in [0.1, 0.15) is 16.7 Å². The second-order valence-electron chi connectivity index (χ2n) is 4.41. The molecule has 104 valence electrons. The van der Waals surface area contributed by atoms with Gasteiger partial charge in [0.1, 0.15) is 11.9 Å². The highest BCUT2D eigenvalue weighted by Crippen LogP contribution is 2.16. The van der Waals surface area contributed by atoms with Gasteiger partial charge in [0.2, 0.25) is 0 Å². The summed E-state index contributed by atoms with van der Waals surface area (Å²) in [5.41, 5.74) is 1.08. The Labute approximate surface area is 120 Å². The van der Waals surface area contributed by atoms with E-state index in [4.69, 9.17) is 5.26 Å². The smallest absolute Gasteiger partial charge is 0.251 e. The summed E-state index contributed by atoms with van der Waals surface area (Å²) in [7, 11) is 0. The molecular weight excluding hydrogens is 271 g/mol. The van der Waals surface area contributed by atoms with Gasteiger partial charge < -0.3 is 0 Å². The molecule has 0 aliphatic carbocycles. The van der Waals surface area contributed by atoms with E-state index in [1.807, 2.05) is 6.07 Å². The first-order chi connectivity index (χ1) is 10.1.